The molecule has 0 aromatic rings. The van der Waals surface area contributed by atoms with Crippen LogP contribution in [-0.2, 0) is 14.9 Å². The van der Waals surface area contributed by atoms with E-state index in [2.05, 4.69) is 5.32 Å². The Kier molecular flexibility index (Phi) is 4.23. The van der Waals surface area contributed by atoms with Crippen molar-refractivity contribution in [2.75, 3.05) is 0 Å². The summed E-state index contributed by atoms with van der Waals surface area (Å²) in [6, 6.07) is 0. The summed E-state index contributed by atoms with van der Waals surface area (Å²) in [6.45, 7) is 6.88. The lowest BCUT2D eigenvalue weighted by Gasteiger charge is -2.38. The van der Waals surface area contributed by atoms with Crippen molar-refractivity contribution in [1.29, 1.82) is 0 Å². The maximum absolute atomic E-state index is 11.3. The molecule has 1 aliphatic rings. The fourth-order valence-corrected chi connectivity index (χ4v) is 3.54. The van der Waals surface area contributed by atoms with E-state index in [1.807, 2.05) is 19.9 Å². The minimum Gasteiger partial charge on any atom is -0.351 e. The standard InChI is InChI=1S/C12H21NO4S/c1-8-5-6-10(7-11(8)18(15,16)17)12(3,4)13-9(2)14/h5,10-11H,6-7H2,1-4H3,(H,13,14)(H,15,16,17)/t10-,11+/m1/s1. The minimum atomic E-state index is -4.08. The Hall–Kier alpha value is -0.880. The molecular weight excluding hydrogens is 254 g/mol. The molecule has 0 spiro atoms. The third-order valence-electron chi connectivity index (χ3n) is 3.61. The van der Waals surface area contributed by atoms with Gasteiger partial charge in [0.1, 0.15) is 5.25 Å². The van der Waals surface area contributed by atoms with Gasteiger partial charge in [0.05, 0.1) is 0 Å². The molecule has 0 saturated carbocycles. The maximum atomic E-state index is 11.3. The molecule has 6 heteroatoms. The van der Waals surface area contributed by atoms with Crippen LogP contribution in [0.25, 0.3) is 0 Å². The Morgan fingerprint density at radius 1 is 1.50 bits per heavy atom. The molecule has 0 fully saturated rings. The summed E-state index contributed by atoms with van der Waals surface area (Å²) >= 11 is 0. The van der Waals surface area contributed by atoms with Crippen molar-refractivity contribution < 1.29 is 17.8 Å². The van der Waals surface area contributed by atoms with Crippen LogP contribution >= 0.6 is 0 Å². The van der Waals surface area contributed by atoms with Crippen LogP contribution in [0.2, 0.25) is 0 Å². The summed E-state index contributed by atoms with van der Waals surface area (Å²) in [5.41, 5.74) is 0.179. The van der Waals surface area contributed by atoms with Gasteiger partial charge in [0.15, 0.2) is 0 Å². The van der Waals surface area contributed by atoms with Crippen LogP contribution in [0.15, 0.2) is 11.6 Å². The van der Waals surface area contributed by atoms with Crippen LogP contribution in [-0.4, -0.2) is 29.7 Å². The molecule has 0 unspecified atom stereocenters. The lowest BCUT2D eigenvalue weighted by atomic mass is 9.77. The van der Waals surface area contributed by atoms with Crippen LogP contribution in [0.1, 0.15) is 40.5 Å². The predicted octanol–water partition coefficient (Wildman–Crippen LogP) is 1.51. The first-order chi connectivity index (χ1) is 8.04. The molecule has 0 saturated heterocycles. The quantitative estimate of drug-likeness (QED) is 0.604. The van der Waals surface area contributed by atoms with Gasteiger partial charge in [0, 0.05) is 12.5 Å². The molecule has 1 rings (SSSR count). The van der Waals surface area contributed by atoms with E-state index in [4.69, 9.17) is 0 Å². The van der Waals surface area contributed by atoms with E-state index in [-0.39, 0.29) is 11.8 Å². The first-order valence-corrected chi connectivity index (χ1v) is 7.46. The average Bonchev–Trinajstić information content (AvgIpc) is 2.13. The fraction of sp³-hybridized carbons (Fsp3) is 0.750. The summed E-state index contributed by atoms with van der Waals surface area (Å²) < 4.78 is 31.9. The van der Waals surface area contributed by atoms with E-state index in [9.17, 15) is 17.8 Å². The van der Waals surface area contributed by atoms with Crippen molar-refractivity contribution in [3.8, 4) is 0 Å². The molecule has 2 N–H and O–H groups in total. The average molecular weight is 275 g/mol. The zero-order chi connectivity index (χ0) is 14.1. The highest BCUT2D eigenvalue weighted by Crippen LogP contribution is 2.34. The van der Waals surface area contributed by atoms with E-state index in [0.717, 1.165) is 0 Å². The van der Waals surface area contributed by atoms with Gasteiger partial charge in [-0.05, 0) is 39.5 Å². The van der Waals surface area contributed by atoms with Crippen molar-refractivity contribution in [2.24, 2.45) is 5.92 Å². The number of nitrogens with one attached hydrogen (secondary N) is 1. The number of carbonyl (C=O) groups is 1. The molecule has 0 aromatic heterocycles. The number of hydrogen-bond acceptors (Lipinski definition) is 3. The van der Waals surface area contributed by atoms with Crippen molar-refractivity contribution in [3.63, 3.8) is 0 Å². The number of hydrogen-bond donors (Lipinski definition) is 2. The van der Waals surface area contributed by atoms with Crippen molar-refractivity contribution in [2.45, 2.75) is 51.3 Å². The van der Waals surface area contributed by atoms with E-state index >= 15 is 0 Å². The van der Waals surface area contributed by atoms with Crippen molar-refractivity contribution in [3.05, 3.63) is 11.6 Å². The number of amides is 1. The van der Waals surface area contributed by atoms with Gasteiger partial charge in [-0.25, -0.2) is 0 Å². The van der Waals surface area contributed by atoms with Gasteiger partial charge in [-0.1, -0.05) is 11.6 Å². The van der Waals surface area contributed by atoms with E-state index in [1.54, 1.807) is 6.92 Å². The smallest absolute Gasteiger partial charge is 0.271 e. The highest BCUT2D eigenvalue weighted by atomic mass is 32.2. The van der Waals surface area contributed by atoms with Gasteiger partial charge in [0.2, 0.25) is 5.91 Å². The summed E-state index contributed by atoms with van der Waals surface area (Å²) in [4.78, 5) is 11.2. The SMILES string of the molecule is CC(=O)NC(C)(C)[C@@H]1CC=C(C)[C@@H](S(=O)(=O)O)C1. The summed E-state index contributed by atoms with van der Waals surface area (Å²) in [6.07, 6.45) is 2.86. The molecule has 0 bridgehead atoms. The second kappa shape index (κ2) is 5.01. The molecule has 0 aliphatic heterocycles. The topological polar surface area (TPSA) is 83.5 Å². The summed E-state index contributed by atoms with van der Waals surface area (Å²) in [7, 11) is -4.08. The molecular formula is C12H21NO4S. The second-order valence-corrected chi connectivity index (χ2v) is 7.12. The maximum Gasteiger partial charge on any atom is 0.271 e. The van der Waals surface area contributed by atoms with Crippen LogP contribution in [0.3, 0.4) is 0 Å². The van der Waals surface area contributed by atoms with Crippen LogP contribution < -0.4 is 5.32 Å². The number of allylic oxidation sites excluding steroid dienone is 1. The van der Waals surface area contributed by atoms with E-state index < -0.39 is 20.9 Å². The normalized spacial score (nSPS) is 25.5. The Labute approximate surface area is 108 Å². The molecule has 2 atom stereocenters. The largest absolute Gasteiger partial charge is 0.351 e. The van der Waals surface area contributed by atoms with Crippen LogP contribution in [0, 0.1) is 5.92 Å². The zero-order valence-corrected chi connectivity index (χ0v) is 12.0. The van der Waals surface area contributed by atoms with Gasteiger partial charge in [0.25, 0.3) is 10.1 Å². The molecule has 0 radical (unpaired) electrons. The molecule has 1 amide bonds. The van der Waals surface area contributed by atoms with Gasteiger partial charge >= 0.3 is 0 Å². The molecule has 104 valence electrons. The fourth-order valence-electron chi connectivity index (χ4n) is 2.50. The highest BCUT2D eigenvalue weighted by molar-refractivity contribution is 7.86. The van der Waals surface area contributed by atoms with Crippen LogP contribution in [0.4, 0.5) is 0 Å². The monoisotopic (exact) mass is 275 g/mol. The Morgan fingerprint density at radius 2 is 2.06 bits per heavy atom. The minimum absolute atomic E-state index is 0.0166. The Balaban J connectivity index is 2.94. The van der Waals surface area contributed by atoms with Gasteiger partial charge < -0.3 is 5.32 Å². The zero-order valence-electron chi connectivity index (χ0n) is 11.2. The van der Waals surface area contributed by atoms with Crippen molar-refractivity contribution >= 4 is 16.0 Å². The summed E-state index contributed by atoms with van der Waals surface area (Å²) in [5, 5.41) is 1.97. The van der Waals surface area contributed by atoms with Gasteiger partial charge in [-0.15, -0.1) is 0 Å². The van der Waals surface area contributed by atoms with E-state index in [0.29, 0.717) is 18.4 Å². The lowest BCUT2D eigenvalue weighted by Crippen LogP contribution is -2.50. The first-order valence-electron chi connectivity index (χ1n) is 5.95. The lowest BCUT2D eigenvalue weighted by molar-refractivity contribution is -0.121. The predicted molar refractivity (Wildman–Crippen MR) is 69.7 cm³/mol. The van der Waals surface area contributed by atoms with Gasteiger partial charge in [-0.3, -0.25) is 9.35 Å². The molecule has 0 aromatic carbocycles. The molecule has 1 aliphatic carbocycles. The molecule has 5 nitrogen and oxygen atoms in total. The molecule has 0 heterocycles. The third-order valence-corrected chi connectivity index (χ3v) is 4.89. The van der Waals surface area contributed by atoms with Crippen molar-refractivity contribution in [1.82, 2.24) is 5.32 Å². The Bertz CT molecular complexity index is 464. The Morgan fingerprint density at radius 3 is 2.50 bits per heavy atom. The van der Waals surface area contributed by atoms with Crippen LogP contribution in [0.5, 0.6) is 0 Å². The number of rotatable bonds is 3. The molecule has 18 heavy (non-hydrogen) atoms. The highest BCUT2D eigenvalue weighted by Gasteiger charge is 2.38. The van der Waals surface area contributed by atoms with E-state index in [1.165, 1.54) is 6.92 Å². The summed E-state index contributed by atoms with van der Waals surface area (Å²) in [5.74, 6) is -0.160. The second-order valence-electron chi connectivity index (χ2n) is 5.52. The first kappa shape index (κ1) is 15.2. The van der Waals surface area contributed by atoms with Gasteiger partial charge in [-0.2, -0.15) is 8.42 Å². The third kappa shape index (κ3) is 3.55. The number of carbonyl (C=O) groups excluding carboxylic acids is 1.